The third-order valence-corrected chi connectivity index (χ3v) is 2.68. The van der Waals surface area contributed by atoms with Crippen LogP contribution in [0.25, 0.3) is 0 Å². The fourth-order valence-electron chi connectivity index (χ4n) is 1.14. The fraction of sp³-hybridized carbons (Fsp3) is 0.818. The largest absolute Gasteiger partial charge is 0.481 e. The van der Waals surface area contributed by atoms with Gasteiger partial charge in [0.05, 0.1) is 5.92 Å². The summed E-state index contributed by atoms with van der Waals surface area (Å²) in [5.41, 5.74) is 0. The number of hydrogen-bond acceptors (Lipinski definition) is 2. The van der Waals surface area contributed by atoms with E-state index in [4.69, 9.17) is 5.11 Å². The molecular weight excluding hydrogens is 208 g/mol. The van der Waals surface area contributed by atoms with Crippen molar-refractivity contribution in [3.05, 3.63) is 0 Å². The lowest BCUT2D eigenvalue weighted by molar-refractivity contribution is -0.141. The van der Waals surface area contributed by atoms with Crippen LogP contribution in [-0.2, 0) is 4.79 Å². The Morgan fingerprint density at radius 3 is 2.38 bits per heavy atom. The van der Waals surface area contributed by atoms with Crippen LogP contribution in [0.4, 0.5) is 4.79 Å². The summed E-state index contributed by atoms with van der Waals surface area (Å²) in [7, 11) is 1.71. The lowest BCUT2D eigenvalue weighted by atomic mass is 10.0. The van der Waals surface area contributed by atoms with Crippen molar-refractivity contribution in [1.29, 1.82) is 0 Å². The monoisotopic (exact) mass is 230 g/mol. The van der Waals surface area contributed by atoms with Crippen molar-refractivity contribution in [2.75, 3.05) is 13.6 Å². The van der Waals surface area contributed by atoms with E-state index in [1.54, 1.807) is 25.8 Å². The summed E-state index contributed by atoms with van der Waals surface area (Å²) in [6, 6.07) is -0.580. The van der Waals surface area contributed by atoms with Crippen molar-refractivity contribution >= 4 is 12.0 Å². The van der Waals surface area contributed by atoms with Gasteiger partial charge in [0.2, 0.25) is 0 Å². The number of carbonyl (C=O) groups is 2. The third-order valence-electron chi connectivity index (χ3n) is 2.68. The summed E-state index contributed by atoms with van der Waals surface area (Å²) in [4.78, 5) is 23.9. The first-order chi connectivity index (χ1) is 7.40. The van der Waals surface area contributed by atoms with Crippen LogP contribution in [0.15, 0.2) is 0 Å². The van der Waals surface area contributed by atoms with E-state index in [1.165, 1.54) is 0 Å². The van der Waals surface area contributed by atoms with Crippen LogP contribution >= 0.6 is 0 Å². The van der Waals surface area contributed by atoms with Crippen molar-refractivity contribution < 1.29 is 14.7 Å². The molecule has 94 valence electrons. The molecule has 0 aromatic heterocycles. The van der Waals surface area contributed by atoms with Gasteiger partial charge in [0, 0.05) is 19.6 Å². The van der Waals surface area contributed by atoms with Gasteiger partial charge in [-0.2, -0.15) is 0 Å². The quantitative estimate of drug-likeness (QED) is 0.727. The fourth-order valence-corrected chi connectivity index (χ4v) is 1.14. The highest BCUT2D eigenvalue weighted by Gasteiger charge is 2.21. The standard InChI is InChI=1S/C11H22N2O3/c1-5-6-7-13(4)11(16)12-9(3)8(2)10(14)15/h8-9H,5-7H2,1-4H3,(H,12,16)(H,14,15). The van der Waals surface area contributed by atoms with Crippen LogP contribution in [0.1, 0.15) is 33.6 Å². The van der Waals surface area contributed by atoms with E-state index in [-0.39, 0.29) is 12.1 Å². The summed E-state index contributed by atoms with van der Waals surface area (Å²) in [6.07, 6.45) is 1.98. The number of urea groups is 1. The second-order valence-corrected chi connectivity index (χ2v) is 4.14. The molecular formula is C11H22N2O3. The Bertz CT molecular complexity index is 243. The zero-order valence-corrected chi connectivity index (χ0v) is 10.5. The van der Waals surface area contributed by atoms with Crippen molar-refractivity contribution in [1.82, 2.24) is 10.2 Å². The number of carboxylic acid groups (broad SMARTS) is 1. The predicted molar refractivity (Wildman–Crippen MR) is 62.3 cm³/mol. The van der Waals surface area contributed by atoms with Gasteiger partial charge in [-0.25, -0.2) is 4.79 Å². The molecule has 0 radical (unpaired) electrons. The Morgan fingerprint density at radius 1 is 1.38 bits per heavy atom. The smallest absolute Gasteiger partial charge is 0.317 e. The van der Waals surface area contributed by atoms with Crippen LogP contribution in [0.5, 0.6) is 0 Å². The summed E-state index contributed by atoms with van der Waals surface area (Å²) in [5.74, 6) is -1.48. The normalized spacial score (nSPS) is 14.0. The molecule has 0 heterocycles. The number of nitrogens with one attached hydrogen (secondary N) is 1. The molecule has 0 saturated carbocycles. The molecule has 0 aromatic carbocycles. The third kappa shape index (κ3) is 5.00. The number of carboxylic acids is 1. The number of unbranched alkanes of at least 4 members (excludes halogenated alkanes) is 1. The minimum atomic E-state index is -0.899. The molecule has 0 aliphatic carbocycles. The zero-order chi connectivity index (χ0) is 12.7. The molecule has 0 aliphatic rings. The van der Waals surface area contributed by atoms with E-state index in [9.17, 15) is 9.59 Å². The van der Waals surface area contributed by atoms with E-state index >= 15 is 0 Å². The Morgan fingerprint density at radius 2 is 1.94 bits per heavy atom. The van der Waals surface area contributed by atoms with Gasteiger partial charge < -0.3 is 15.3 Å². The van der Waals surface area contributed by atoms with Gasteiger partial charge in [-0.3, -0.25) is 4.79 Å². The van der Waals surface area contributed by atoms with Gasteiger partial charge in [0.15, 0.2) is 0 Å². The molecule has 5 heteroatoms. The minimum absolute atomic E-state index is 0.214. The van der Waals surface area contributed by atoms with Crippen LogP contribution in [-0.4, -0.2) is 41.6 Å². The van der Waals surface area contributed by atoms with Gasteiger partial charge in [0.1, 0.15) is 0 Å². The number of nitrogens with zero attached hydrogens (tertiary/aromatic N) is 1. The lowest BCUT2D eigenvalue weighted by Crippen LogP contribution is -2.46. The maximum atomic E-state index is 11.6. The zero-order valence-electron chi connectivity index (χ0n) is 10.5. The van der Waals surface area contributed by atoms with Crippen LogP contribution in [0, 0.1) is 5.92 Å². The van der Waals surface area contributed by atoms with E-state index in [0.717, 1.165) is 12.8 Å². The molecule has 2 unspecified atom stereocenters. The Balaban J connectivity index is 4.07. The van der Waals surface area contributed by atoms with E-state index in [1.807, 2.05) is 0 Å². The number of rotatable bonds is 6. The first kappa shape index (κ1) is 14.7. The molecule has 5 nitrogen and oxygen atoms in total. The molecule has 0 saturated heterocycles. The van der Waals surface area contributed by atoms with Crippen LogP contribution < -0.4 is 5.32 Å². The van der Waals surface area contributed by atoms with Crippen LogP contribution in [0.2, 0.25) is 0 Å². The second-order valence-electron chi connectivity index (χ2n) is 4.14. The molecule has 0 aliphatic heterocycles. The first-order valence-electron chi connectivity index (χ1n) is 5.64. The average molecular weight is 230 g/mol. The highest BCUT2D eigenvalue weighted by Crippen LogP contribution is 2.03. The molecule has 0 aromatic rings. The van der Waals surface area contributed by atoms with Gasteiger partial charge in [-0.15, -0.1) is 0 Å². The summed E-state index contributed by atoms with van der Waals surface area (Å²) < 4.78 is 0. The Hall–Kier alpha value is -1.26. The first-order valence-corrected chi connectivity index (χ1v) is 5.64. The molecule has 2 amide bonds. The maximum Gasteiger partial charge on any atom is 0.317 e. The number of aliphatic carboxylic acids is 1. The number of hydrogen-bond donors (Lipinski definition) is 2. The Labute approximate surface area is 96.8 Å². The average Bonchev–Trinajstić information content (AvgIpc) is 2.24. The molecule has 0 rings (SSSR count). The number of amides is 2. The van der Waals surface area contributed by atoms with E-state index < -0.39 is 11.9 Å². The van der Waals surface area contributed by atoms with Gasteiger partial charge in [0.25, 0.3) is 0 Å². The maximum absolute atomic E-state index is 11.6. The molecule has 2 N–H and O–H groups in total. The number of carbonyl (C=O) groups excluding carboxylic acids is 1. The van der Waals surface area contributed by atoms with E-state index in [2.05, 4.69) is 12.2 Å². The molecule has 0 bridgehead atoms. The second kappa shape index (κ2) is 7.09. The Kier molecular flexibility index (Phi) is 6.53. The van der Waals surface area contributed by atoms with Gasteiger partial charge in [-0.1, -0.05) is 13.3 Å². The summed E-state index contributed by atoms with van der Waals surface area (Å²) in [6.45, 7) is 6.03. The predicted octanol–water partition coefficient (Wildman–Crippen LogP) is 1.54. The van der Waals surface area contributed by atoms with E-state index in [0.29, 0.717) is 6.54 Å². The van der Waals surface area contributed by atoms with Crippen molar-refractivity contribution in [2.24, 2.45) is 5.92 Å². The lowest BCUT2D eigenvalue weighted by Gasteiger charge is -2.23. The van der Waals surface area contributed by atoms with Gasteiger partial charge in [-0.05, 0) is 20.3 Å². The van der Waals surface area contributed by atoms with Crippen LogP contribution in [0.3, 0.4) is 0 Å². The summed E-state index contributed by atoms with van der Waals surface area (Å²) in [5, 5.41) is 11.5. The van der Waals surface area contributed by atoms with Gasteiger partial charge >= 0.3 is 12.0 Å². The molecule has 16 heavy (non-hydrogen) atoms. The van der Waals surface area contributed by atoms with Crippen molar-refractivity contribution in [3.8, 4) is 0 Å². The SMILES string of the molecule is CCCCN(C)C(=O)NC(C)C(C)C(=O)O. The highest BCUT2D eigenvalue weighted by atomic mass is 16.4. The minimum Gasteiger partial charge on any atom is -0.481 e. The summed E-state index contributed by atoms with van der Waals surface area (Å²) >= 11 is 0. The molecule has 2 atom stereocenters. The topological polar surface area (TPSA) is 69.6 Å². The van der Waals surface area contributed by atoms with Crippen molar-refractivity contribution in [2.45, 2.75) is 39.7 Å². The molecule has 0 fully saturated rings. The molecule has 0 spiro atoms. The highest BCUT2D eigenvalue weighted by molar-refractivity contribution is 5.76. The van der Waals surface area contributed by atoms with Crippen molar-refractivity contribution in [3.63, 3.8) is 0 Å².